The van der Waals surface area contributed by atoms with Gasteiger partial charge in [0.2, 0.25) is 5.91 Å². The summed E-state index contributed by atoms with van der Waals surface area (Å²) in [6.45, 7) is 4.04. The highest BCUT2D eigenvalue weighted by Crippen LogP contribution is 2.30. The Labute approximate surface area is 213 Å². The number of carbonyl (C=O) groups excluding carboxylic acids is 2. The van der Waals surface area contributed by atoms with Gasteiger partial charge in [0.05, 0.1) is 43.8 Å². The Morgan fingerprint density at radius 3 is 1.94 bits per heavy atom. The number of esters is 1. The van der Waals surface area contributed by atoms with Gasteiger partial charge in [0.15, 0.2) is 0 Å². The molecular weight excluding hydrogens is 454 g/mol. The van der Waals surface area contributed by atoms with Crippen LogP contribution >= 0.6 is 0 Å². The monoisotopic (exact) mass is 489 g/mol. The van der Waals surface area contributed by atoms with Crippen LogP contribution in [0.3, 0.4) is 0 Å². The lowest BCUT2D eigenvalue weighted by Crippen LogP contribution is -2.45. The summed E-state index contributed by atoms with van der Waals surface area (Å²) in [4.78, 5) is 28.1. The predicted octanol–water partition coefficient (Wildman–Crippen LogP) is 4.89. The molecule has 6 heteroatoms. The van der Waals surface area contributed by atoms with Crippen LogP contribution in [0.25, 0.3) is 0 Å². The molecule has 4 atom stereocenters. The van der Waals surface area contributed by atoms with E-state index in [0.717, 1.165) is 16.7 Å². The minimum atomic E-state index is -0.870. The van der Waals surface area contributed by atoms with Crippen LogP contribution in [0.5, 0.6) is 0 Å². The zero-order chi connectivity index (χ0) is 25.9. The SMILES string of the molecule is CCOC(=O)C[C@@H](OCc1ccccc1)[C@@H](C(=O)N(C)[C@H](C)[C@H](O)c1ccccc1)c1ccccc1. The lowest BCUT2D eigenvalue weighted by atomic mass is 9.89. The summed E-state index contributed by atoms with van der Waals surface area (Å²) in [5.74, 6) is -1.44. The Morgan fingerprint density at radius 2 is 1.39 bits per heavy atom. The molecule has 36 heavy (non-hydrogen) atoms. The molecule has 6 nitrogen and oxygen atoms in total. The molecule has 0 spiro atoms. The number of nitrogens with zero attached hydrogens (tertiary/aromatic N) is 1. The second-order valence-corrected chi connectivity index (χ2v) is 8.78. The van der Waals surface area contributed by atoms with Crippen molar-refractivity contribution in [3.8, 4) is 0 Å². The fourth-order valence-electron chi connectivity index (χ4n) is 4.17. The Morgan fingerprint density at radius 1 is 0.861 bits per heavy atom. The predicted molar refractivity (Wildman–Crippen MR) is 139 cm³/mol. The molecule has 0 aromatic heterocycles. The van der Waals surface area contributed by atoms with Crippen molar-refractivity contribution in [2.75, 3.05) is 13.7 Å². The van der Waals surface area contributed by atoms with Crippen LogP contribution in [0.2, 0.25) is 0 Å². The van der Waals surface area contributed by atoms with Crippen molar-refractivity contribution in [3.05, 3.63) is 108 Å². The average molecular weight is 490 g/mol. The van der Waals surface area contributed by atoms with Crippen LogP contribution in [0.15, 0.2) is 91.0 Å². The van der Waals surface area contributed by atoms with Crippen molar-refractivity contribution < 1.29 is 24.2 Å². The third kappa shape index (κ3) is 7.26. The number of hydrogen-bond acceptors (Lipinski definition) is 5. The first-order valence-electron chi connectivity index (χ1n) is 12.3. The lowest BCUT2D eigenvalue weighted by Gasteiger charge is -2.35. The van der Waals surface area contributed by atoms with E-state index in [2.05, 4.69) is 0 Å². The molecule has 3 aromatic rings. The van der Waals surface area contributed by atoms with Gasteiger partial charge in [0.1, 0.15) is 0 Å². The number of likely N-dealkylation sites (N-methyl/N-ethyl adjacent to an activating group) is 1. The molecule has 1 amide bonds. The number of benzene rings is 3. The molecule has 0 unspecified atom stereocenters. The molecule has 0 fully saturated rings. The molecule has 0 saturated carbocycles. The van der Waals surface area contributed by atoms with Gasteiger partial charge < -0.3 is 19.5 Å². The van der Waals surface area contributed by atoms with Gasteiger partial charge in [-0.05, 0) is 30.5 Å². The van der Waals surface area contributed by atoms with Crippen LogP contribution in [0.4, 0.5) is 0 Å². The van der Waals surface area contributed by atoms with E-state index in [-0.39, 0.29) is 25.5 Å². The summed E-state index contributed by atoms with van der Waals surface area (Å²) in [5, 5.41) is 11.0. The second-order valence-electron chi connectivity index (χ2n) is 8.78. The fraction of sp³-hybridized carbons (Fsp3) is 0.333. The molecule has 0 radical (unpaired) electrons. The van der Waals surface area contributed by atoms with Crippen LogP contribution in [-0.2, 0) is 25.7 Å². The van der Waals surface area contributed by atoms with E-state index in [1.54, 1.807) is 18.9 Å². The summed E-state index contributed by atoms with van der Waals surface area (Å²) in [5.41, 5.74) is 2.40. The number of amides is 1. The van der Waals surface area contributed by atoms with Gasteiger partial charge in [0, 0.05) is 7.05 Å². The molecule has 0 aliphatic rings. The first kappa shape index (κ1) is 27.1. The Kier molecular flexibility index (Phi) is 10.2. The third-order valence-electron chi connectivity index (χ3n) is 6.33. The van der Waals surface area contributed by atoms with Gasteiger partial charge in [-0.15, -0.1) is 0 Å². The van der Waals surface area contributed by atoms with Crippen LogP contribution in [0, 0.1) is 0 Å². The van der Waals surface area contributed by atoms with Crippen LogP contribution in [0.1, 0.15) is 49.0 Å². The number of aliphatic hydroxyl groups excluding tert-OH is 1. The van der Waals surface area contributed by atoms with E-state index in [1.165, 1.54) is 0 Å². The van der Waals surface area contributed by atoms with E-state index >= 15 is 0 Å². The number of aliphatic hydroxyl groups is 1. The van der Waals surface area contributed by atoms with Crippen LogP contribution in [-0.4, -0.2) is 47.7 Å². The molecule has 190 valence electrons. The first-order chi connectivity index (χ1) is 17.4. The minimum absolute atomic E-state index is 0.0740. The Hall–Kier alpha value is -3.48. The molecule has 0 saturated heterocycles. The molecule has 0 heterocycles. The maximum absolute atomic E-state index is 14.0. The standard InChI is InChI=1S/C30H35NO5/c1-4-35-27(32)20-26(36-21-23-14-8-5-9-15-23)28(24-16-10-6-11-17-24)30(34)31(3)22(2)29(33)25-18-12-7-13-19-25/h5-19,22,26,28-29,33H,4,20-21H2,1-3H3/t22-,26-,28+,29+/m1/s1. The molecule has 3 rings (SSSR count). The largest absolute Gasteiger partial charge is 0.466 e. The number of carbonyl (C=O) groups is 2. The lowest BCUT2D eigenvalue weighted by molar-refractivity contribution is -0.149. The second kappa shape index (κ2) is 13.6. The number of hydrogen-bond donors (Lipinski definition) is 1. The van der Waals surface area contributed by atoms with Gasteiger partial charge >= 0.3 is 5.97 Å². The summed E-state index contributed by atoms with van der Waals surface area (Å²) in [7, 11) is 1.67. The van der Waals surface area contributed by atoms with Crippen molar-refractivity contribution in [1.82, 2.24) is 4.90 Å². The normalized spacial score (nSPS) is 14.3. The topological polar surface area (TPSA) is 76.1 Å². The highest BCUT2D eigenvalue weighted by molar-refractivity contribution is 5.85. The molecular formula is C30H35NO5. The average Bonchev–Trinajstić information content (AvgIpc) is 2.92. The van der Waals surface area contributed by atoms with Crippen molar-refractivity contribution in [3.63, 3.8) is 0 Å². The van der Waals surface area contributed by atoms with Crippen molar-refractivity contribution >= 4 is 11.9 Å². The van der Waals surface area contributed by atoms with E-state index < -0.39 is 30.1 Å². The highest BCUT2D eigenvalue weighted by Gasteiger charge is 2.37. The van der Waals surface area contributed by atoms with Gasteiger partial charge in [0.25, 0.3) is 0 Å². The van der Waals surface area contributed by atoms with Crippen molar-refractivity contribution in [1.29, 1.82) is 0 Å². The van der Waals surface area contributed by atoms with E-state index in [9.17, 15) is 14.7 Å². The van der Waals surface area contributed by atoms with Gasteiger partial charge in [-0.3, -0.25) is 9.59 Å². The van der Waals surface area contributed by atoms with Crippen molar-refractivity contribution in [2.24, 2.45) is 0 Å². The van der Waals surface area contributed by atoms with E-state index in [1.807, 2.05) is 97.9 Å². The summed E-state index contributed by atoms with van der Waals surface area (Å²) in [6.07, 6.45) is -1.71. The maximum atomic E-state index is 14.0. The fourth-order valence-corrected chi connectivity index (χ4v) is 4.17. The zero-order valence-corrected chi connectivity index (χ0v) is 21.1. The Bertz CT molecular complexity index is 1070. The van der Waals surface area contributed by atoms with E-state index in [4.69, 9.17) is 9.47 Å². The highest BCUT2D eigenvalue weighted by atomic mass is 16.5. The number of rotatable bonds is 12. The smallest absolute Gasteiger partial charge is 0.308 e. The summed E-state index contributed by atoms with van der Waals surface area (Å²) in [6, 6.07) is 27.7. The summed E-state index contributed by atoms with van der Waals surface area (Å²) < 4.78 is 11.5. The first-order valence-corrected chi connectivity index (χ1v) is 12.3. The van der Waals surface area contributed by atoms with E-state index in [0.29, 0.717) is 0 Å². The molecule has 0 aliphatic carbocycles. The molecule has 0 bridgehead atoms. The van der Waals surface area contributed by atoms with Crippen LogP contribution < -0.4 is 0 Å². The Balaban J connectivity index is 1.91. The van der Waals surface area contributed by atoms with Gasteiger partial charge in [-0.2, -0.15) is 0 Å². The van der Waals surface area contributed by atoms with Gasteiger partial charge in [-0.1, -0.05) is 91.0 Å². The summed E-state index contributed by atoms with van der Waals surface area (Å²) >= 11 is 0. The maximum Gasteiger partial charge on any atom is 0.308 e. The number of ether oxygens (including phenoxy) is 2. The van der Waals surface area contributed by atoms with Crippen molar-refractivity contribution in [2.45, 2.75) is 51.0 Å². The van der Waals surface area contributed by atoms with Gasteiger partial charge in [-0.25, -0.2) is 0 Å². The molecule has 0 aliphatic heterocycles. The minimum Gasteiger partial charge on any atom is -0.466 e. The molecule has 3 aromatic carbocycles. The quantitative estimate of drug-likeness (QED) is 0.367. The molecule has 1 N–H and O–H groups in total. The zero-order valence-electron chi connectivity index (χ0n) is 21.1. The third-order valence-corrected chi connectivity index (χ3v) is 6.33.